The monoisotopic (exact) mass is 468 g/mol. The Morgan fingerprint density at radius 3 is 2.47 bits per heavy atom. The summed E-state index contributed by atoms with van der Waals surface area (Å²) in [5.41, 5.74) is 2.82. The molecule has 2 aromatic rings. The number of aryl methyl sites for hydroxylation is 1. The van der Waals surface area contributed by atoms with E-state index in [4.69, 9.17) is 4.74 Å². The molecule has 1 heterocycles. The second kappa shape index (κ2) is 7.23. The van der Waals surface area contributed by atoms with E-state index in [9.17, 15) is 14.4 Å². The van der Waals surface area contributed by atoms with Gasteiger partial charge in [-0.05, 0) is 49.6 Å². The van der Waals surface area contributed by atoms with Crippen molar-refractivity contribution in [2.75, 3.05) is 10.6 Å². The molecule has 5 rings (SSSR count). The van der Waals surface area contributed by atoms with Gasteiger partial charge in [0, 0.05) is 22.9 Å². The van der Waals surface area contributed by atoms with Crippen LogP contribution in [0.15, 0.2) is 48.5 Å². The van der Waals surface area contributed by atoms with Crippen LogP contribution in [0.5, 0.6) is 0 Å². The van der Waals surface area contributed by atoms with E-state index in [2.05, 4.69) is 26.6 Å². The maximum atomic E-state index is 13.0. The van der Waals surface area contributed by atoms with Gasteiger partial charge in [-0.15, -0.1) is 0 Å². The number of rotatable bonds is 4. The number of hydrogen-bond acceptors (Lipinski definition) is 4. The number of hydrogen-bond donors (Lipinski definition) is 2. The van der Waals surface area contributed by atoms with Crippen LogP contribution in [0.3, 0.4) is 0 Å². The average molecular weight is 469 g/mol. The standard InChI is InChI=1S/C23H21BrN2O4/c1-11-5-7-12(8-6-11)21(27)25-13-3-2-4-14(9-13)26-22(28)17-15-10-16-18(17)23(29)30-20(16)19(15)24/h2-9,15-20H,10H2,1H3,(H,25,27)(H,26,28)/t15-,16-,17-,18-,19+,20+/m1/s1. The summed E-state index contributed by atoms with van der Waals surface area (Å²) in [7, 11) is 0. The summed E-state index contributed by atoms with van der Waals surface area (Å²) >= 11 is 3.63. The molecular weight excluding hydrogens is 448 g/mol. The van der Waals surface area contributed by atoms with Crippen molar-refractivity contribution in [1.29, 1.82) is 0 Å². The fourth-order valence-corrected chi connectivity index (χ4v) is 6.18. The van der Waals surface area contributed by atoms with Crippen molar-refractivity contribution < 1.29 is 19.1 Å². The molecule has 0 unspecified atom stereocenters. The lowest BCUT2D eigenvalue weighted by molar-refractivity contribution is -0.145. The Bertz CT molecular complexity index is 1040. The molecular formula is C23H21BrN2O4. The smallest absolute Gasteiger partial charge is 0.310 e. The Labute approximate surface area is 182 Å². The van der Waals surface area contributed by atoms with Crippen LogP contribution in [-0.2, 0) is 14.3 Å². The molecule has 3 fully saturated rings. The van der Waals surface area contributed by atoms with Crippen LogP contribution < -0.4 is 10.6 Å². The zero-order chi connectivity index (χ0) is 21.0. The number of halogens is 1. The second-order valence-electron chi connectivity index (χ2n) is 8.35. The topological polar surface area (TPSA) is 84.5 Å². The SMILES string of the molecule is Cc1ccc(C(=O)Nc2cccc(NC(=O)[C@@H]3[C@H]4C[C@H]5[C@H](OC(=O)[C@H]53)[C@H]4Br)c2)cc1. The summed E-state index contributed by atoms with van der Waals surface area (Å²) in [5, 5.41) is 5.79. The van der Waals surface area contributed by atoms with Crippen molar-refractivity contribution in [3.8, 4) is 0 Å². The van der Waals surface area contributed by atoms with E-state index >= 15 is 0 Å². The van der Waals surface area contributed by atoms with E-state index in [0.717, 1.165) is 12.0 Å². The van der Waals surface area contributed by atoms with Crippen LogP contribution in [0.4, 0.5) is 11.4 Å². The number of alkyl halides is 1. The van der Waals surface area contributed by atoms with Crippen molar-refractivity contribution in [2.24, 2.45) is 23.7 Å². The van der Waals surface area contributed by atoms with Gasteiger partial charge in [-0.1, -0.05) is 39.7 Å². The van der Waals surface area contributed by atoms with Gasteiger partial charge in [-0.3, -0.25) is 14.4 Å². The number of ether oxygens (including phenoxy) is 1. The first kappa shape index (κ1) is 19.3. The van der Waals surface area contributed by atoms with Crippen molar-refractivity contribution in [2.45, 2.75) is 24.3 Å². The van der Waals surface area contributed by atoms with Crippen molar-refractivity contribution in [3.63, 3.8) is 0 Å². The largest absolute Gasteiger partial charge is 0.461 e. The molecule has 2 amide bonds. The van der Waals surface area contributed by atoms with E-state index in [1.807, 2.05) is 19.1 Å². The number of carbonyl (C=O) groups excluding carboxylic acids is 3. The number of carbonyl (C=O) groups is 3. The predicted molar refractivity (Wildman–Crippen MR) is 115 cm³/mol. The second-order valence-corrected chi connectivity index (χ2v) is 9.41. The molecule has 3 aliphatic rings. The maximum Gasteiger partial charge on any atom is 0.310 e. The highest BCUT2D eigenvalue weighted by atomic mass is 79.9. The first-order valence-corrected chi connectivity index (χ1v) is 11.0. The van der Waals surface area contributed by atoms with E-state index in [1.54, 1.807) is 36.4 Å². The van der Waals surface area contributed by atoms with Gasteiger partial charge in [0.15, 0.2) is 0 Å². The van der Waals surface area contributed by atoms with Gasteiger partial charge in [-0.2, -0.15) is 0 Å². The van der Waals surface area contributed by atoms with Gasteiger partial charge in [0.05, 0.1) is 16.7 Å². The molecule has 2 aromatic carbocycles. The van der Waals surface area contributed by atoms with Crippen LogP contribution in [0.1, 0.15) is 22.3 Å². The Kier molecular flexibility index (Phi) is 4.65. The van der Waals surface area contributed by atoms with Crippen LogP contribution in [0.2, 0.25) is 0 Å². The molecule has 7 heteroatoms. The molecule has 2 saturated carbocycles. The highest BCUT2D eigenvalue weighted by Crippen LogP contribution is 2.60. The third kappa shape index (κ3) is 3.12. The number of nitrogens with one attached hydrogen (secondary N) is 2. The zero-order valence-corrected chi connectivity index (χ0v) is 17.9. The van der Waals surface area contributed by atoms with Crippen LogP contribution >= 0.6 is 15.9 Å². The Balaban J connectivity index is 1.29. The molecule has 6 nitrogen and oxygen atoms in total. The molecule has 2 aliphatic carbocycles. The highest BCUT2D eigenvalue weighted by Gasteiger charge is 2.67. The van der Waals surface area contributed by atoms with Crippen molar-refractivity contribution >= 4 is 45.1 Å². The van der Waals surface area contributed by atoms with Gasteiger partial charge in [0.2, 0.25) is 5.91 Å². The number of amides is 2. The van der Waals surface area contributed by atoms with Crippen molar-refractivity contribution in [1.82, 2.24) is 0 Å². The third-order valence-electron chi connectivity index (χ3n) is 6.53. The normalized spacial score (nSPS) is 30.8. The molecule has 0 aromatic heterocycles. The van der Waals surface area contributed by atoms with Gasteiger partial charge in [-0.25, -0.2) is 0 Å². The molecule has 0 radical (unpaired) electrons. The van der Waals surface area contributed by atoms with Crippen molar-refractivity contribution in [3.05, 3.63) is 59.7 Å². The summed E-state index contributed by atoms with van der Waals surface area (Å²) in [4.78, 5) is 37.8. The Hall–Kier alpha value is -2.67. The predicted octanol–water partition coefficient (Wildman–Crippen LogP) is 3.76. The van der Waals surface area contributed by atoms with Gasteiger partial charge >= 0.3 is 5.97 Å². The van der Waals surface area contributed by atoms with E-state index in [-0.39, 0.29) is 46.5 Å². The molecule has 154 valence electrons. The number of anilines is 2. The summed E-state index contributed by atoms with van der Waals surface area (Å²) < 4.78 is 5.48. The van der Waals surface area contributed by atoms with Crippen LogP contribution in [-0.4, -0.2) is 28.7 Å². The Morgan fingerprint density at radius 1 is 1.03 bits per heavy atom. The fraction of sp³-hybridized carbons (Fsp3) is 0.348. The molecule has 2 bridgehead atoms. The number of fused-ring (bicyclic) bond motifs is 1. The summed E-state index contributed by atoms with van der Waals surface area (Å²) in [6, 6.07) is 14.4. The maximum absolute atomic E-state index is 13.0. The molecule has 30 heavy (non-hydrogen) atoms. The molecule has 0 spiro atoms. The van der Waals surface area contributed by atoms with Gasteiger partial charge in [0.1, 0.15) is 6.10 Å². The minimum Gasteiger partial charge on any atom is -0.461 e. The summed E-state index contributed by atoms with van der Waals surface area (Å²) in [6.45, 7) is 1.97. The van der Waals surface area contributed by atoms with Crippen LogP contribution in [0.25, 0.3) is 0 Å². The number of esters is 1. The molecule has 6 atom stereocenters. The zero-order valence-electron chi connectivity index (χ0n) is 16.3. The molecule has 1 saturated heterocycles. The number of benzene rings is 2. The van der Waals surface area contributed by atoms with E-state index < -0.39 is 5.92 Å². The lowest BCUT2D eigenvalue weighted by Gasteiger charge is -2.27. The lowest BCUT2D eigenvalue weighted by atomic mass is 9.79. The third-order valence-corrected chi connectivity index (χ3v) is 7.73. The Morgan fingerprint density at radius 2 is 1.73 bits per heavy atom. The first-order valence-electron chi connectivity index (χ1n) is 10.1. The first-order chi connectivity index (χ1) is 14.4. The summed E-state index contributed by atoms with van der Waals surface area (Å²) in [5.74, 6) is -1.16. The highest BCUT2D eigenvalue weighted by molar-refractivity contribution is 9.09. The van der Waals surface area contributed by atoms with E-state index in [0.29, 0.717) is 16.9 Å². The molecule has 2 N–H and O–H groups in total. The van der Waals surface area contributed by atoms with E-state index in [1.165, 1.54) is 0 Å². The van der Waals surface area contributed by atoms with Gasteiger partial charge in [0.25, 0.3) is 5.91 Å². The fourth-order valence-electron chi connectivity index (χ4n) is 5.14. The quantitative estimate of drug-likeness (QED) is 0.528. The summed E-state index contributed by atoms with van der Waals surface area (Å²) in [6.07, 6.45) is 0.735. The van der Waals surface area contributed by atoms with Gasteiger partial charge < -0.3 is 15.4 Å². The molecule has 1 aliphatic heterocycles. The lowest BCUT2D eigenvalue weighted by Crippen LogP contribution is -2.40. The van der Waals surface area contributed by atoms with Crippen LogP contribution in [0, 0.1) is 30.6 Å². The minimum atomic E-state index is -0.392. The minimum absolute atomic E-state index is 0.0288. The average Bonchev–Trinajstić information content (AvgIpc) is 3.33.